The number of carbonyl (C=O) groups excluding carboxylic acids is 1. The van der Waals surface area contributed by atoms with Crippen LogP contribution in [0.3, 0.4) is 0 Å². The summed E-state index contributed by atoms with van der Waals surface area (Å²) < 4.78 is 51.3. The monoisotopic (exact) mass is 514 g/mol. The Morgan fingerprint density at radius 3 is 2.62 bits per heavy atom. The molecule has 0 aromatic carbocycles. The Hall–Kier alpha value is -3.89. The van der Waals surface area contributed by atoms with Crippen molar-refractivity contribution in [3.05, 3.63) is 60.0 Å². The maximum Gasteiger partial charge on any atom is 0.434 e. The molecule has 8 nitrogen and oxygen atoms in total. The van der Waals surface area contributed by atoms with Gasteiger partial charge >= 0.3 is 6.18 Å². The lowest BCUT2D eigenvalue weighted by molar-refractivity contribution is -0.141. The number of hydrogen-bond acceptors (Lipinski definition) is 7. The number of aromatic nitrogens is 3. The first-order chi connectivity index (χ1) is 17.8. The molecule has 0 unspecified atom stereocenters. The Kier molecular flexibility index (Phi) is 7.80. The number of anilines is 1. The highest BCUT2D eigenvalue weighted by Gasteiger charge is 2.40. The fraction of sp³-hybridized carbons (Fsp3) is 0.385. The summed E-state index contributed by atoms with van der Waals surface area (Å²) in [5.74, 6) is -0.423. The molecular formula is C26H27F3N5O3. The van der Waals surface area contributed by atoms with Crippen molar-refractivity contribution in [1.29, 1.82) is 0 Å². The molecule has 4 heterocycles. The molecule has 1 saturated heterocycles. The largest absolute Gasteiger partial charge is 0.481 e. The number of halogens is 3. The summed E-state index contributed by atoms with van der Waals surface area (Å²) >= 11 is 0. The molecule has 1 fully saturated rings. The Morgan fingerprint density at radius 1 is 1.16 bits per heavy atom. The number of amides is 1. The molecule has 1 atom stereocenters. The van der Waals surface area contributed by atoms with Crippen LogP contribution in [-0.4, -0.2) is 65.2 Å². The quantitative estimate of drug-likeness (QED) is 0.459. The third kappa shape index (κ3) is 5.60. The number of methoxy groups -OCH3 is 1. The van der Waals surface area contributed by atoms with Crippen molar-refractivity contribution in [3.63, 3.8) is 0 Å². The maximum absolute atomic E-state index is 13.6. The molecule has 1 aliphatic rings. The van der Waals surface area contributed by atoms with Gasteiger partial charge in [0.15, 0.2) is 5.69 Å². The van der Waals surface area contributed by atoms with Crippen LogP contribution in [0.25, 0.3) is 11.3 Å². The van der Waals surface area contributed by atoms with Crippen LogP contribution in [0, 0.1) is 6.20 Å². The second kappa shape index (κ2) is 11.0. The molecule has 0 saturated carbocycles. The third-order valence-corrected chi connectivity index (χ3v) is 6.15. The van der Waals surface area contributed by atoms with Crippen LogP contribution in [0.5, 0.6) is 11.8 Å². The molecule has 0 aliphatic carbocycles. The minimum atomic E-state index is -4.79. The van der Waals surface area contributed by atoms with Crippen LogP contribution in [0.1, 0.15) is 36.3 Å². The Labute approximate surface area is 213 Å². The van der Waals surface area contributed by atoms with Crippen molar-refractivity contribution in [1.82, 2.24) is 19.9 Å². The minimum absolute atomic E-state index is 0.125. The lowest BCUT2D eigenvalue weighted by atomic mass is 10.1. The lowest BCUT2D eigenvalue weighted by Crippen LogP contribution is -2.55. The average molecular weight is 515 g/mol. The van der Waals surface area contributed by atoms with Gasteiger partial charge in [0.05, 0.1) is 36.2 Å². The highest BCUT2D eigenvalue weighted by molar-refractivity contribution is 5.95. The first-order valence-electron chi connectivity index (χ1n) is 11.9. The summed E-state index contributed by atoms with van der Waals surface area (Å²) in [7, 11) is 1.22. The molecule has 1 aliphatic heterocycles. The zero-order chi connectivity index (χ0) is 26.6. The highest BCUT2D eigenvalue weighted by Crippen LogP contribution is 2.33. The van der Waals surface area contributed by atoms with E-state index in [-0.39, 0.29) is 25.0 Å². The van der Waals surface area contributed by atoms with E-state index in [1.807, 2.05) is 32.0 Å². The summed E-state index contributed by atoms with van der Waals surface area (Å²) in [5, 5.41) is 0. The molecule has 1 amide bonds. The van der Waals surface area contributed by atoms with Gasteiger partial charge in [-0.15, -0.1) is 0 Å². The maximum atomic E-state index is 13.6. The summed E-state index contributed by atoms with van der Waals surface area (Å²) in [6, 6.07) is 9.68. The zero-order valence-corrected chi connectivity index (χ0v) is 20.7. The fourth-order valence-corrected chi connectivity index (χ4v) is 4.32. The smallest absolute Gasteiger partial charge is 0.434 e. The second-order valence-electron chi connectivity index (χ2n) is 8.37. The van der Waals surface area contributed by atoms with Crippen molar-refractivity contribution in [3.8, 4) is 23.0 Å². The van der Waals surface area contributed by atoms with Gasteiger partial charge in [-0.05, 0) is 43.7 Å². The summed E-state index contributed by atoms with van der Waals surface area (Å²) in [4.78, 5) is 28.9. The van der Waals surface area contributed by atoms with E-state index in [4.69, 9.17) is 9.47 Å². The standard InChI is InChI=1S/C26H27F3N5O3/c1-4-17-16-33(25(35)20-9-11-22(36-3)32-23(20)26(27,28)29)13-14-34(17)18-8-10-21(31-15-18)19-7-6-12-30-24(19)37-5-2/h6-12,17H,4-5,13-14,16H2,1-3H3/t17-/m1/s1. The summed E-state index contributed by atoms with van der Waals surface area (Å²) in [6.45, 7) is 5.24. The van der Waals surface area contributed by atoms with Gasteiger partial charge in [0.2, 0.25) is 11.8 Å². The number of piperazine rings is 1. The van der Waals surface area contributed by atoms with Crippen LogP contribution < -0.4 is 14.4 Å². The van der Waals surface area contributed by atoms with Crippen LogP contribution in [0.15, 0.2) is 42.6 Å². The van der Waals surface area contributed by atoms with Gasteiger partial charge in [0.1, 0.15) is 6.20 Å². The predicted octanol–water partition coefficient (Wildman–Crippen LogP) is 4.51. The number of ether oxygens (including phenoxy) is 2. The van der Waals surface area contributed by atoms with Crippen LogP contribution >= 0.6 is 0 Å². The first kappa shape index (κ1) is 26.2. The van der Waals surface area contributed by atoms with E-state index in [2.05, 4.69) is 26.0 Å². The van der Waals surface area contributed by atoms with Gasteiger partial charge < -0.3 is 19.3 Å². The molecule has 0 bridgehead atoms. The molecule has 3 aromatic heterocycles. The normalized spacial score (nSPS) is 16.0. The summed E-state index contributed by atoms with van der Waals surface area (Å²) in [6.07, 6.45) is 0.607. The molecule has 4 rings (SSSR count). The first-order valence-corrected chi connectivity index (χ1v) is 11.9. The molecule has 37 heavy (non-hydrogen) atoms. The number of nitrogens with zero attached hydrogens (tertiary/aromatic N) is 5. The van der Waals surface area contributed by atoms with Crippen LogP contribution in [-0.2, 0) is 6.18 Å². The number of alkyl halides is 3. The number of hydrogen-bond donors (Lipinski definition) is 0. The molecule has 0 N–H and O–H groups in total. The SMILES string of the molecule is CCOc1ncccc1-c1ccc(N2CCN(C(=O)c3ccc(OC)nc3C(F)(F)F)C[C@H]2CC)[c]n1. The van der Waals surface area contributed by atoms with Crippen molar-refractivity contribution in [2.45, 2.75) is 32.5 Å². The predicted molar refractivity (Wildman–Crippen MR) is 131 cm³/mol. The van der Waals surface area contributed by atoms with E-state index >= 15 is 0 Å². The molecular weight excluding hydrogens is 487 g/mol. The van der Waals surface area contributed by atoms with Gasteiger partial charge in [-0.25, -0.2) is 15.0 Å². The lowest BCUT2D eigenvalue weighted by Gasteiger charge is -2.42. The van der Waals surface area contributed by atoms with Gasteiger partial charge in [-0.1, -0.05) is 6.92 Å². The number of carbonyl (C=O) groups is 1. The van der Waals surface area contributed by atoms with Gasteiger partial charge in [-0.3, -0.25) is 4.79 Å². The van der Waals surface area contributed by atoms with E-state index in [0.717, 1.165) is 17.3 Å². The van der Waals surface area contributed by atoms with Gasteiger partial charge in [-0.2, -0.15) is 13.2 Å². The van der Waals surface area contributed by atoms with E-state index < -0.39 is 23.3 Å². The van der Waals surface area contributed by atoms with Crippen molar-refractivity contribution in [2.24, 2.45) is 0 Å². The summed E-state index contributed by atoms with van der Waals surface area (Å²) in [5.41, 5.74) is 0.418. The molecule has 11 heteroatoms. The van der Waals surface area contributed by atoms with Crippen molar-refractivity contribution < 1.29 is 27.4 Å². The second-order valence-corrected chi connectivity index (χ2v) is 8.37. The Bertz CT molecular complexity index is 1240. The van der Waals surface area contributed by atoms with Gasteiger partial charge in [0.25, 0.3) is 5.91 Å². The van der Waals surface area contributed by atoms with Crippen molar-refractivity contribution in [2.75, 3.05) is 38.3 Å². The third-order valence-electron chi connectivity index (χ3n) is 6.15. The minimum Gasteiger partial charge on any atom is -0.481 e. The van der Waals surface area contributed by atoms with E-state index in [1.165, 1.54) is 18.1 Å². The van der Waals surface area contributed by atoms with Crippen LogP contribution in [0.4, 0.5) is 18.9 Å². The zero-order valence-electron chi connectivity index (χ0n) is 20.7. The fourth-order valence-electron chi connectivity index (χ4n) is 4.32. The molecule has 195 valence electrons. The molecule has 3 aromatic rings. The molecule has 1 radical (unpaired) electrons. The van der Waals surface area contributed by atoms with E-state index in [1.54, 1.807) is 12.3 Å². The molecule has 0 spiro atoms. The van der Waals surface area contributed by atoms with E-state index in [0.29, 0.717) is 31.1 Å². The Morgan fingerprint density at radius 2 is 1.97 bits per heavy atom. The van der Waals surface area contributed by atoms with Gasteiger partial charge in [0, 0.05) is 37.9 Å². The van der Waals surface area contributed by atoms with Crippen LogP contribution in [0.2, 0.25) is 0 Å². The Balaban J connectivity index is 1.53. The van der Waals surface area contributed by atoms with Crippen molar-refractivity contribution >= 4 is 11.6 Å². The average Bonchev–Trinajstić information content (AvgIpc) is 2.92. The van der Waals surface area contributed by atoms with E-state index in [9.17, 15) is 18.0 Å². The number of pyridine rings is 3. The topological polar surface area (TPSA) is 80.7 Å². The highest BCUT2D eigenvalue weighted by atomic mass is 19.4. The number of rotatable bonds is 7.